The molecule has 147 heavy (non-hydrogen) atoms. The zero-order valence-corrected chi connectivity index (χ0v) is 81.6. The zero-order chi connectivity index (χ0) is 106. The van der Waals surface area contributed by atoms with Crippen LogP contribution in [-0.2, 0) is 171 Å². The molecule has 6 aliphatic rings. The predicted octanol–water partition coefficient (Wildman–Crippen LogP) is 3.01. The maximum absolute atomic E-state index is 16.1. The minimum absolute atomic E-state index is 0.408. The van der Waals surface area contributed by atoms with Crippen LogP contribution in [0.3, 0.4) is 0 Å². The lowest BCUT2D eigenvalue weighted by molar-refractivity contribution is -0.308. The summed E-state index contributed by atoms with van der Waals surface area (Å²) in [5, 5.41) is 17.1. The number of nitrogens with two attached hydrogens (primary N) is 1. The largest absolute Gasteiger partial charge is 0.463 e. The van der Waals surface area contributed by atoms with Crippen LogP contribution >= 0.6 is 0 Å². The Kier molecular flexibility index (Phi) is 38.1. The lowest BCUT2D eigenvalue weighted by Crippen LogP contribution is -2.64. The molecule has 9 N–H and O–H groups in total. The first-order valence-corrected chi connectivity index (χ1v) is 46.5. The van der Waals surface area contributed by atoms with Crippen molar-refractivity contribution in [3.8, 4) is 33.4 Å². The molecule has 0 radical (unpaired) electrons. The van der Waals surface area contributed by atoms with Crippen molar-refractivity contribution < 1.29 is 186 Å². The van der Waals surface area contributed by atoms with Gasteiger partial charge in [0.05, 0.1) is 33.0 Å². The molecule has 0 spiro atoms. The number of hydrogen-bond acceptors (Lipinski definition) is 39. The van der Waals surface area contributed by atoms with Crippen molar-refractivity contribution in [2.24, 2.45) is 11.1 Å². The van der Waals surface area contributed by atoms with E-state index in [0.717, 1.165) is 143 Å². The SMILES string of the molecule is CC(=O)OC[C@H]1O[C@@H](OCC(NC(=O)OCC2c3ccccc3-c3ccccc32)C(=O)NCC(CNC(=O)C(CO[C@H]2O[C@H](COC(C)=O)[C@@H](OC(C)=O)[C@H](OC(C)=O)[C@@H]2OC(C)=O)NC(=O)OCC2c3ccccc3-c3ccccc32)(CNC(=O)C(CO[C@@H]2OC[C@@H](OC(C)=O)[C@@H](OC(C)=O)[C@H]2OC(C)=O)NC(=O)OCC2c3ccccc3-c3ccccc32)C(=O)NCC(N)=O)[C@H](OC(C)=O)[C@@H](OC(C)=O)[C@H]1OC(C)=O. The van der Waals surface area contributed by atoms with Crippen molar-refractivity contribution in [1.29, 1.82) is 0 Å². The molecule has 0 aromatic heterocycles. The molecule has 8 amide bonds. The average molecular weight is 2050 g/mol. The number of esters is 11. The number of hydrogen-bond donors (Lipinski definition) is 8. The second kappa shape index (κ2) is 50.8. The Balaban J connectivity index is 0.957. The number of ether oxygens (including phenoxy) is 20. The van der Waals surface area contributed by atoms with Gasteiger partial charge in [-0.15, -0.1) is 0 Å². The first-order chi connectivity index (χ1) is 70.1. The summed E-state index contributed by atoms with van der Waals surface area (Å²) in [5.74, 6) is -20.1. The molecular formula is C100H112N8O39. The highest BCUT2D eigenvalue weighted by atomic mass is 16.8. The number of rotatable bonds is 43. The summed E-state index contributed by atoms with van der Waals surface area (Å²) in [7, 11) is 0. The first-order valence-electron chi connectivity index (χ1n) is 46.5. The lowest BCUT2D eigenvalue weighted by atomic mass is 9.85. The van der Waals surface area contributed by atoms with Crippen molar-refractivity contribution in [3.05, 3.63) is 179 Å². The molecule has 6 aromatic carbocycles. The third-order valence-corrected chi connectivity index (χ3v) is 24.0. The van der Waals surface area contributed by atoms with Crippen LogP contribution in [0.1, 0.15) is 127 Å². The molecule has 3 heterocycles. The number of fused-ring (bicyclic) bond motifs is 9. The van der Waals surface area contributed by atoms with Gasteiger partial charge in [-0.2, -0.15) is 0 Å². The Morgan fingerprint density at radius 3 is 0.844 bits per heavy atom. The van der Waals surface area contributed by atoms with Crippen molar-refractivity contribution in [1.82, 2.24) is 37.2 Å². The van der Waals surface area contributed by atoms with Gasteiger partial charge in [0.2, 0.25) is 29.5 Å². The molecule has 0 bridgehead atoms. The van der Waals surface area contributed by atoms with E-state index >= 15 is 19.2 Å². The molecule has 12 rings (SSSR count). The van der Waals surface area contributed by atoms with Gasteiger partial charge in [-0.25, -0.2) is 14.4 Å². The standard InChI is InChI=1S/C100H112N8O39/c1-49(109)128-43-79-82(138-52(4)112)85(141-55(7)115)88(144-58(10)118)94(146-79)131-41-76(107-98(126)135-38-73-68-32-20-14-26-62(68)63-27-15-21-33-69(63)73)91(122)104-47-100(96(124)102-36-81(101)120,46-103-90(121)75(40-130-93-87(143-57(9)117)84(140-54(6)114)78(45-133-93)137-51(3)111)106-97(125)134-37-72-66-30-18-12-24-60(66)61-25-13-19-31-67(61)72)48-105-92(123)77(108-99(127)136-39-74-70-34-22-16-28-64(70)65-29-17-23-35-71(65)74)42-132-95-89(145-59(11)119)86(142-56(8)116)83(139-53(5)113)80(147-95)44-129-50(2)110/h12-35,72-80,82-89,93-95H,36-48H2,1-11H3,(H2,101,120)(H,102,124)(H,103,121)(H,104,122)(H,105,123)(H,106,125)(H,107,126)(H,108,127)/t75?,76?,77?,78-,79-,80-,82-,83+,84-,85+,86+,87-,88+,89-,93-,94+,95-,100?/m1/s1. The molecule has 0 saturated carbocycles. The minimum atomic E-state index is -2.86. The fourth-order valence-electron chi connectivity index (χ4n) is 17.9. The minimum Gasteiger partial charge on any atom is -0.463 e. The second-order valence-corrected chi connectivity index (χ2v) is 34.8. The summed E-state index contributed by atoms with van der Waals surface area (Å²) >= 11 is 0. The van der Waals surface area contributed by atoms with Crippen molar-refractivity contribution in [2.75, 3.05) is 85.6 Å². The van der Waals surface area contributed by atoms with E-state index in [4.69, 9.17) is 100 Å². The van der Waals surface area contributed by atoms with E-state index in [1.807, 2.05) is 48.5 Å². The highest BCUT2D eigenvalue weighted by molar-refractivity contribution is 5.93. The van der Waals surface area contributed by atoms with Crippen LogP contribution in [0.2, 0.25) is 0 Å². The van der Waals surface area contributed by atoms with Crippen molar-refractivity contribution in [2.45, 2.75) is 198 Å². The maximum Gasteiger partial charge on any atom is 0.407 e. The normalized spacial score (nSPS) is 21.8. The number of carbonyl (C=O) groups is 19. The van der Waals surface area contributed by atoms with Gasteiger partial charge in [0.15, 0.2) is 73.8 Å². The monoisotopic (exact) mass is 2050 g/mol. The Hall–Kier alpha value is -15.6. The van der Waals surface area contributed by atoms with Gasteiger partial charge in [0, 0.05) is 114 Å². The molecule has 18 atom stereocenters. The highest BCUT2D eigenvalue weighted by Gasteiger charge is 2.57. The first kappa shape index (κ1) is 110. The summed E-state index contributed by atoms with van der Waals surface area (Å²) in [5.41, 5.74) is 12.0. The van der Waals surface area contributed by atoms with E-state index in [-0.39, 0.29) is 0 Å². The molecule has 47 heteroatoms. The van der Waals surface area contributed by atoms with Crippen molar-refractivity contribution >= 4 is 113 Å². The molecule has 6 aromatic rings. The quantitative estimate of drug-likeness (QED) is 0.0201. The van der Waals surface area contributed by atoms with Crippen LogP contribution in [0.15, 0.2) is 146 Å². The summed E-state index contributed by atoms with van der Waals surface area (Å²) in [4.78, 5) is 263. The Morgan fingerprint density at radius 2 is 0.565 bits per heavy atom. The summed E-state index contributed by atoms with van der Waals surface area (Å²) in [6.45, 7) is -1.43. The van der Waals surface area contributed by atoms with Crippen LogP contribution in [0, 0.1) is 5.41 Å². The van der Waals surface area contributed by atoms with Gasteiger partial charge in [0.25, 0.3) is 0 Å². The van der Waals surface area contributed by atoms with E-state index in [0.29, 0.717) is 0 Å². The Labute approximate surface area is 840 Å². The average Bonchev–Trinajstić information content (AvgIpc) is 1.58. The third kappa shape index (κ3) is 29.0. The van der Waals surface area contributed by atoms with Crippen LogP contribution in [0.5, 0.6) is 0 Å². The van der Waals surface area contributed by atoms with Crippen LogP contribution in [-0.4, -0.2) is 303 Å². The van der Waals surface area contributed by atoms with E-state index < -0.39 is 326 Å². The zero-order valence-electron chi connectivity index (χ0n) is 81.6. The fourth-order valence-corrected chi connectivity index (χ4v) is 17.9. The van der Waals surface area contributed by atoms with Gasteiger partial charge < -0.3 is 138 Å². The van der Waals surface area contributed by atoms with E-state index in [1.165, 1.54) is 0 Å². The molecular weight excluding hydrogens is 1940 g/mol. The van der Waals surface area contributed by atoms with Crippen LogP contribution in [0.4, 0.5) is 14.4 Å². The van der Waals surface area contributed by atoms with E-state index in [1.54, 1.807) is 97.1 Å². The van der Waals surface area contributed by atoms with Gasteiger partial charge in [-0.05, 0) is 66.8 Å². The lowest BCUT2D eigenvalue weighted by Gasteiger charge is -2.44. The summed E-state index contributed by atoms with van der Waals surface area (Å²) < 4.78 is 116. The van der Waals surface area contributed by atoms with E-state index in [2.05, 4.69) is 37.2 Å². The molecule has 3 saturated heterocycles. The van der Waals surface area contributed by atoms with Crippen LogP contribution in [0.25, 0.3) is 33.4 Å². The Morgan fingerprint density at radius 1 is 0.306 bits per heavy atom. The van der Waals surface area contributed by atoms with Crippen molar-refractivity contribution in [3.63, 3.8) is 0 Å². The number of nitrogens with one attached hydrogen (secondary N) is 7. The second-order valence-electron chi connectivity index (χ2n) is 34.8. The molecule has 3 fully saturated rings. The molecule has 786 valence electrons. The Bertz CT molecular complexity index is 5550. The van der Waals surface area contributed by atoms with E-state index in [9.17, 15) is 71.9 Å². The number of alkyl carbamates (subject to hydrolysis) is 3. The third-order valence-electron chi connectivity index (χ3n) is 24.0. The predicted molar refractivity (Wildman–Crippen MR) is 498 cm³/mol. The number of carbonyl (C=O) groups excluding carboxylic acids is 19. The maximum atomic E-state index is 16.1. The van der Waals surface area contributed by atoms with Gasteiger partial charge >= 0.3 is 83.9 Å². The van der Waals surface area contributed by atoms with Gasteiger partial charge in [-0.1, -0.05) is 146 Å². The molecule has 47 nitrogen and oxygen atoms in total. The number of primary amides is 1. The molecule has 3 aliphatic heterocycles. The topological polar surface area (TPSA) is 619 Å². The van der Waals surface area contributed by atoms with Gasteiger partial charge in [0.1, 0.15) is 68.8 Å². The smallest absolute Gasteiger partial charge is 0.407 e. The summed E-state index contributed by atoms with van der Waals surface area (Å²) in [6.07, 6.45) is -29.9. The highest BCUT2D eigenvalue weighted by Crippen LogP contribution is 2.48. The fraction of sp³-hybridized carbons (Fsp3) is 0.450. The number of benzene rings is 6. The summed E-state index contributed by atoms with van der Waals surface area (Å²) in [6, 6.07) is 36.7. The molecule has 3 aliphatic carbocycles. The van der Waals surface area contributed by atoms with Gasteiger partial charge in [-0.3, -0.25) is 76.7 Å². The number of amides is 8. The van der Waals surface area contributed by atoms with Crippen LogP contribution < -0.4 is 43.0 Å². The molecule has 4 unspecified atom stereocenters.